The van der Waals surface area contributed by atoms with E-state index in [1.807, 2.05) is 13.0 Å². The monoisotopic (exact) mass is 450 g/mol. The molecule has 9 heteroatoms. The van der Waals surface area contributed by atoms with Crippen LogP contribution in [0.2, 0.25) is 0 Å². The van der Waals surface area contributed by atoms with Crippen molar-refractivity contribution in [2.24, 2.45) is 15.7 Å². The highest BCUT2D eigenvalue weighted by atomic mass is 16.2. The maximum absolute atomic E-state index is 12.9. The average molecular weight is 451 g/mol. The highest BCUT2D eigenvalue weighted by Gasteiger charge is 2.39. The van der Waals surface area contributed by atoms with E-state index in [0.29, 0.717) is 24.4 Å². The molecule has 0 aromatic heterocycles. The van der Waals surface area contributed by atoms with Crippen LogP contribution < -0.4 is 11.1 Å². The minimum absolute atomic E-state index is 0.127. The number of nitrogens with zero attached hydrogens (tertiary/aromatic N) is 4. The first-order chi connectivity index (χ1) is 15.9. The van der Waals surface area contributed by atoms with Gasteiger partial charge in [0.05, 0.1) is 0 Å². The van der Waals surface area contributed by atoms with Gasteiger partial charge in [0.15, 0.2) is 0 Å². The molecule has 3 N–H and O–H groups in total. The Kier molecular flexibility index (Phi) is 6.69. The van der Waals surface area contributed by atoms with Crippen molar-refractivity contribution in [1.82, 2.24) is 15.1 Å². The maximum Gasteiger partial charge on any atom is 0.255 e. The molecule has 33 heavy (non-hydrogen) atoms. The number of rotatable bonds is 5. The van der Waals surface area contributed by atoms with Crippen molar-refractivity contribution in [2.75, 3.05) is 19.6 Å². The van der Waals surface area contributed by atoms with E-state index >= 15 is 0 Å². The number of amides is 3. The number of fused-ring (bicyclic) bond motifs is 1. The van der Waals surface area contributed by atoms with Crippen molar-refractivity contribution in [3.05, 3.63) is 46.7 Å². The van der Waals surface area contributed by atoms with Crippen molar-refractivity contribution in [1.29, 1.82) is 0 Å². The average Bonchev–Trinajstić information content (AvgIpc) is 3.13. The maximum atomic E-state index is 12.9. The third kappa shape index (κ3) is 5.03. The number of piperidine rings is 2. The van der Waals surface area contributed by atoms with E-state index in [9.17, 15) is 14.4 Å². The van der Waals surface area contributed by atoms with Crippen molar-refractivity contribution >= 4 is 30.4 Å². The number of likely N-dealkylation sites (tertiary alicyclic amines) is 1. The van der Waals surface area contributed by atoms with Gasteiger partial charge in [-0.05, 0) is 74.7 Å². The SMILES string of the molecule is C=NC(N)=N/C=C(\C)CN1CCC(c2ccc3c(c2)CN(C2CCC(=O)NC2=O)C3=O)CC1. The van der Waals surface area contributed by atoms with Crippen LogP contribution in [0.5, 0.6) is 0 Å². The van der Waals surface area contributed by atoms with Gasteiger partial charge >= 0.3 is 0 Å². The fourth-order valence-electron chi connectivity index (χ4n) is 4.88. The lowest BCUT2D eigenvalue weighted by Gasteiger charge is -2.32. The van der Waals surface area contributed by atoms with Gasteiger partial charge in [-0.25, -0.2) is 9.98 Å². The number of imide groups is 1. The Hall–Kier alpha value is -3.33. The number of nitrogens with one attached hydrogen (secondary N) is 1. The molecule has 0 aliphatic carbocycles. The highest BCUT2D eigenvalue weighted by Crippen LogP contribution is 2.33. The predicted molar refractivity (Wildman–Crippen MR) is 126 cm³/mol. The molecule has 1 atom stereocenters. The zero-order valence-corrected chi connectivity index (χ0v) is 18.9. The molecule has 3 amide bonds. The first-order valence-electron chi connectivity index (χ1n) is 11.3. The van der Waals surface area contributed by atoms with Gasteiger partial charge in [0.25, 0.3) is 5.91 Å². The van der Waals surface area contributed by atoms with E-state index in [1.54, 1.807) is 11.1 Å². The van der Waals surface area contributed by atoms with Gasteiger partial charge in [-0.15, -0.1) is 0 Å². The summed E-state index contributed by atoms with van der Waals surface area (Å²) in [5, 5.41) is 2.35. The molecule has 174 valence electrons. The topological polar surface area (TPSA) is 120 Å². The molecular weight excluding hydrogens is 420 g/mol. The summed E-state index contributed by atoms with van der Waals surface area (Å²) in [5.41, 5.74) is 9.54. The molecule has 1 aromatic rings. The molecule has 0 spiro atoms. The summed E-state index contributed by atoms with van der Waals surface area (Å²) in [6.07, 6.45) is 4.46. The summed E-state index contributed by atoms with van der Waals surface area (Å²) < 4.78 is 0. The number of nitrogens with two attached hydrogens (primary N) is 1. The van der Waals surface area contributed by atoms with E-state index in [0.717, 1.165) is 43.6 Å². The van der Waals surface area contributed by atoms with E-state index < -0.39 is 6.04 Å². The summed E-state index contributed by atoms with van der Waals surface area (Å²) >= 11 is 0. The standard InChI is InChI=1S/C24H30N6O3/c1-15(12-27-24(25)26-2)13-29-9-7-16(8-10-29)17-3-4-19-18(11-17)14-30(23(19)33)20-5-6-21(31)28-22(20)32/h3-4,11-12,16,20H,2,5-10,13-14H2,1H3,(H2,25,27)(H,28,31,32)/b15-12+. The van der Waals surface area contributed by atoms with Gasteiger partial charge in [0.1, 0.15) is 6.04 Å². The lowest BCUT2D eigenvalue weighted by atomic mass is 9.88. The van der Waals surface area contributed by atoms with Gasteiger partial charge in [0, 0.05) is 31.3 Å². The molecule has 2 fully saturated rings. The number of hydrogen-bond acceptors (Lipinski definition) is 5. The second-order valence-electron chi connectivity index (χ2n) is 8.99. The van der Waals surface area contributed by atoms with Crippen molar-refractivity contribution in [3.63, 3.8) is 0 Å². The summed E-state index contributed by atoms with van der Waals surface area (Å²) in [7, 11) is 0. The van der Waals surface area contributed by atoms with Crippen LogP contribution in [0.3, 0.4) is 0 Å². The molecule has 1 unspecified atom stereocenters. The van der Waals surface area contributed by atoms with Gasteiger partial charge in [-0.3, -0.25) is 24.6 Å². The highest BCUT2D eigenvalue weighted by molar-refractivity contribution is 6.05. The Morgan fingerprint density at radius 3 is 2.70 bits per heavy atom. The summed E-state index contributed by atoms with van der Waals surface area (Å²) in [5.74, 6) is -0.171. The van der Waals surface area contributed by atoms with E-state index in [4.69, 9.17) is 5.73 Å². The second-order valence-corrected chi connectivity index (χ2v) is 8.99. The molecule has 2 saturated heterocycles. The van der Waals surface area contributed by atoms with Crippen molar-refractivity contribution in [3.8, 4) is 0 Å². The fourth-order valence-corrected chi connectivity index (χ4v) is 4.88. The predicted octanol–water partition coefficient (Wildman–Crippen LogP) is 1.55. The smallest absolute Gasteiger partial charge is 0.255 e. The molecule has 9 nitrogen and oxygen atoms in total. The lowest BCUT2D eigenvalue weighted by molar-refractivity contribution is -0.136. The molecule has 3 aliphatic heterocycles. The summed E-state index contributed by atoms with van der Waals surface area (Å²) in [6, 6.07) is 5.50. The number of aliphatic imine (C=N–C) groups is 2. The molecular formula is C24H30N6O3. The Morgan fingerprint density at radius 1 is 1.24 bits per heavy atom. The molecule has 1 aromatic carbocycles. The molecule has 0 saturated carbocycles. The van der Waals surface area contributed by atoms with Crippen LogP contribution in [0.4, 0.5) is 0 Å². The van der Waals surface area contributed by atoms with E-state index in [1.165, 1.54) is 5.56 Å². The number of benzene rings is 1. The fraction of sp³-hybridized carbons (Fsp3) is 0.458. The van der Waals surface area contributed by atoms with E-state index in [2.05, 4.69) is 39.1 Å². The second kappa shape index (κ2) is 9.66. The number of carbonyl (C=O) groups is 3. The summed E-state index contributed by atoms with van der Waals surface area (Å²) in [4.78, 5) is 48.2. The zero-order chi connectivity index (χ0) is 23.5. The van der Waals surface area contributed by atoms with Gasteiger partial charge in [0.2, 0.25) is 17.8 Å². The van der Waals surface area contributed by atoms with Crippen LogP contribution in [0.25, 0.3) is 0 Å². The van der Waals surface area contributed by atoms with Gasteiger partial charge < -0.3 is 10.6 Å². The Bertz CT molecular complexity index is 1040. The normalized spacial score (nSPS) is 23.0. The van der Waals surface area contributed by atoms with Crippen molar-refractivity contribution < 1.29 is 14.4 Å². The third-order valence-electron chi connectivity index (χ3n) is 6.66. The quantitative estimate of drug-likeness (QED) is 0.401. The van der Waals surface area contributed by atoms with Gasteiger partial charge in [-0.2, -0.15) is 0 Å². The Morgan fingerprint density at radius 2 is 2.00 bits per heavy atom. The number of hydrogen-bond donors (Lipinski definition) is 2. The number of guanidine groups is 1. The van der Waals surface area contributed by atoms with Crippen LogP contribution in [0, 0.1) is 0 Å². The molecule has 4 rings (SSSR count). The van der Waals surface area contributed by atoms with Crippen LogP contribution in [-0.2, 0) is 16.1 Å². The molecule has 3 aliphatic rings. The molecule has 0 radical (unpaired) electrons. The van der Waals surface area contributed by atoms with Gasteiger partial charge in [-0.1, -0.05) is 12.1 Å². The van der Waals surface area contributed by atoms with Crippen LogP contribution >= 0.6 is 0 Å². The largest absolute Gasteiger partial charge is 0.368 e. The van der Waals surface area contributed by atoms with E-state index in [-0.39, 0.29) is 30.1 Å². The van der Waals surface area contributed by atoms with Crippen molar-refractivity contribution in [2.45, 2.75) is 51.1 Å². The molecule has 0 bridgehead atoms. The number of carbonyl (C=O) groups excluding carboxylic acids is 3. The zero-order valence-electron chi connectivity index (χ0n) is 18.9. The Labute approximate surface area is 193 Å². The third-order valence-corrected chi connectivity index (χ3v) is 6.66. The van der Waals surface area contributed by atoms with Crippen LogP contribution in [0.15, 0.2) is 40.0 Å². The van der Waals surface area contributed by atoms with Crippen LogP contribution in [-0.4, -0.2) is 65.9 Å². The lowest BCUT2D eigenvalue weighted by Crippen LogP contribution is -2.52. The first kappa shape index (κ1) is 22.8. The van der Waals surface area contributed by atoms with Crippen LogP contribution in [0.1, 0.15) is 60.0 Å². The summed E-state index contributed by atoms with van der Waals surface area (Å²) in [6.45, 7) is 8.59. The minimum Gasteiger partial charge on any atom is -0.368 e. The first-order valence-corrected chi connectivity index (χ1v) is 11.3. The molecule has 3 heterocycles. The Balaban J connectivity index is 1.36. The minimum atomic E-state index is -0.576.